The molecule has 1 atom stereocenters. The predicted octanol–water partition coefficient (Wildman–Crippen LogP) is 3.39. The minimum atomic E-state index is -0.461. The molecule has 0 saturated carbocycles. The van der Waals surface area contributed by atoms with Gasteiger partial charge < -0.3 is 15.0 Å². The zero-order chi connectivity index (χ0) is 20.1. The van der Waals surface area contributed by atoms with Gasteiger partial charge in [0.2, 0.25) is 17.7 Å². The molecular formula is C21H22N4O3. The molecule has 28 heavy (non-hydrogen) atoms. The van der Waals surface area contributed by atoms with Crippen LogP contribution < -0.4 is 10.1 Å². The first-order chi connectivity index (χ1) is 13.5. The van der Waals surface area contributed by atoms with E-state index in [2.05, 4.69) is 10.3 Å². The van der Waals surface area contributed by atoms with E-state index in [9.17, 15) is 9.59 Å². The van der Waals surface area contributed by atoms with Gasteiger partial charge >= 0.3 is 0 Å². The van der Waals surface area contributed by atoms with Crippen LogP contribution in [0.1, 0.15) is 37.3 Å². The summed E-state index contributed by atoms with van der Waals surface area (Å²) in [5.41, 5.74) is 1.81. The molecule has 0 aliphatic carbocycles. The topological polar surface area (TPSA) is 95.3 Å². The largest absolute Gasteiger partial charge is 0.438 e. The molecule has 2 heterocycles. The molecule has 1 aliphatic rings. The molecule has 7 nitrogen and oxygen atoms in total. The highest BCUT2D eigenvalue weighted by Gasteiger charge is 2.31. The monoisotopic (exact) mass is 378 g/mol. The summed E-state index contributed by atoms with van der Waals surface area (Å²) in [5, 5.41) is 12.0. The van der Waals surface area contributed by atoms with Crippen LogP contribution >= 0.6 is 0 Å². The molecule has 3 rings (SSSR count). The maximum atomic E-state index is 12.7. The van der Waals surface area contributed by atoms with Crippen LogP contribution in [0.25, 0.3) is 0 Å². The molecule has 2 aromatic rings. The van der Waals surface area contributed by atoms with Crippen LogP contribution in [-0.4, -0.2) is 34.3 Å². The minimum absolute atomic E-state index is 0.0335. The summed E-state index contributed by atoms with van der Waals surface area (Å²) in [6.07, 6.45) is 3.43. The Labute approximate surface area is 163 Å². The number of pyridine rings is 1. The third-order valence-electron chi connectivity index (χ3n) is 4.74. The highest BCUT2D eigenvalue weighted by molar-refractivity contribution is 5.98. The molecule has 1 N–H and O–H groups in total. The summed E-state index contributed by atoms with van der Waals surface area (Å²) in [5.74, 6) is 0.601. The van der Waals surface area contributed by atoms with Gasteiger partial charge in [0.25, 0.3) is 0 Å². The van der Waals surface area contributed by atoms with E-state index < -0.39 is 6.04 Å². The van der Waals surface area contributed by atoms with Crippen molar-refractivity contribution in [2.24, 2.45) is 0 Å². The summed E-state index contributed by atoms with van der Waals surface area (Å²) in [6, 6.07) is 10.1. The van der Waals surface area contributed by atoms with Gasteiger partial charge in [-0.15, -0.1) is 0 Å². The predicted molar refractivity (Wildman–Crippen MR) is 104 cm³/mol. The molecule has 0 bridgehead atoms. The third kappa shape index (κ3) is 4.12. The van der Waals surface area contributed by atoms with Crippen molar-refractivity contribution in [2.45, 2.75) is 39.2 Å². The van der Waals surface area contributed by atoms with E-state index in [0.29, 0.717) is 36.4 Å². The van der Waals surface area contributed by atoms with Gasteiger partial charge in [-0.05, 0) is 55.7 Å². The lowest BCUT2D eigenvalue weighted by atomic mass is 10.1. The van der Waals surface area contributed by atoms with E-state index in [-0.39, 0.29) is 17.7 Å². The molecule has 1 fully saturated rings. The van der Waals surface area contributed by atoms with Crippen LogP contribution in [0, 0.1) is 18.3 Å². The van der Waals surface area contributed by atoms with Crippen LogP contribution in [0.2, 0.25) is 0 Å². The molecule has 1 aromatic heterocycles. The molecule has 1 aliphatic heterocycles. The number of amides is 2. The fourth-order valence-electron chi connectivity index (χ4n) is 3.27. The number of ether oxygens (including phenoxy) is 1. The van der Waals surface area contributed by atoms with Crippen LogP contribution in [0.5, 0.6) is 11.6 Å². The number of nitriles is 1. The maximum absolute atomic E-state index is 12.7. The number of carbonyl (C=O) groups is 2. The Morgan fingerprint density at radius 3 is 2.89 bits per heavy atom. The van der Waals surface area contributed by atoms with E-state index >= 15 is 0 Å². The first-order valence-corrected chi connectivity index (χ1v) is 9.27. The Morgan fingerprint density at radius 1 is 1.43 bits per heavy atom. The average molecular weight is 378 g/mol. The zero-order valence-corrected chi connectivity index (χ0v) is 15.9. The smallest absolute Gasteiger partial charge is 0.247 e. The zero-order valence-electron chi connectivity index (χ0n) is 15.9. The summed E-state index contributed by atoms with van der Waals surface area (Å²) in [7, 11) is 0. The van der Waals surface area contributed by atoms with Crippen molar-refractivity contribution in [3.05, 3.63) is 47.7 Å². The van der Waals surface area contributed by atoms with Gasteiger partial charge in [0.05, 0.1) is 0 Å². The highest BCUT2D eigenvalue weighted by atomic mass is 16.5. The van der Waals surface area contributed by atoms with Crippen LogP contribution in [0.4, 0.5) is 5.69 Å². The lowest BCUT2D eigenvalue weighted by Crippen LogP contribution is -2.44. The Morgan fingerprint density at radius 2 is 2.25 bits per heavy atom. The van der Waals surface area contributed by atoms with E-state index in [1.165, 1.54) is 0 Å². The Hall–Kier alpha value is -3.40. The molecule has 0 radical (unpaired) electrons. The number of likely N-dealkylation sites (tertiary alicyclic amines) is 1. The van der Waals surface area contributed by atoms with Crippen molar-refractivity contribution in [2.75, 3.05) is 11.9 Å². The number of nitrogens with zero attached hydrogens (tertiary/aromatic N) is 3. The van der Waals surface area contributed by atoms with Crippen molar-refractivity contribution in [1.82, 2.24) is 9.88 Å². The van der Waals surface area contributed by atoms with Crippen molar-refractivity contribution in [3.63, 3.8) is 0 Å². The van der Waals surface area contributed by atoms with E-state index in [1.54, 1.807) is 41.4 Å². The van der Waals surface area contributed by atoms with Gasteiger partial charge in [-0.25, -0.2) is 4.98 Å². The van der Waals surface area contributed by atoms with Crippen LogP contribution in [0.15, 0.2) is 36.5 Å². The molecule has 0 unspecified atom stereocenters. The van der Waals surface area contributed by atoms with Gasteiger partial charge in [0.15, 0.2) is 0 Å². The standard InChI is InChI=1S/C21H22N4O3/c1-3-18(25-11-5-7-19(25)26)20(27)24-17-9-8-16(12-14(17)2)28-21-15(13-22)6-4-10-23-21/h4,6,8-10,12,18H,3,5,7,11H2,1-2H3,(H,24,27)/t18-/m0/s1. The van der Waals surface area contributed by atoms with Crippen molar-refractivity contribution in [1.29, 1.82) is 5.26 Å². The quantitative estimate of drug-likeness (QED) is 0.831. The van der Waals surface area contributed by atoms with Gasteiger partial charge in [0.1, 0.15) is 23.4 Å². The minimum Gasteiger partial charge on any atom is -0.438 e. The Balaban J connectivity index is 1.72. The fourth-order valence-corrected chi connectivity index (χ4v) is 3.27. The molecule has 0 spiro atoms. The van der Waals surface area contributed by atoms with Crippen LogP contribution in [0.3, 0.4) is 0 Å². The average Bonchev–Trinajstić information content (AvgIpc) is 3.11. The SMILES string of the molecule is CC[C@@H](C(=O)Nc1ccc(Oc2ncccc2C#N)cc1C)N1CCCC1=O. The molecule has 1 aromatic carbocycles. The van der Waals surface area contributed by atoms with E-state index in [1.807, 2.05) is 19.9 Å². The van der Waals surface area contributed by atoms with E-state index in [0.717, 1.165) is 12.0 Å². The fraction of sp³-hybridized carbons (Fsp3) is 0.333. The number of anilines is 1. The van der Waals surface area contributed by atoms with E-state index in [4.69, 9.17) is 10.00 Å². The number of aromatic nitrogens is 1. The normalized spacial score (nSPS) is 14.5. The molecule has 144 valence electrons. The molecule has 1 saturated heterocycles. The number of rotatable bonds is 6. The van der Waals surface area contributed by atoms with Gasteiger partial charge in [0, 0.05) is 24.8 Å². The Kier molecular flexibility index (Phi) is 5.90. The number of hydrogen-bond donors (Lipinski definition) is 1. The first kappa shape index (κ1) is 19.4. The lowest BCUT2D eigenvalue weighted by Gasteiger charge is -2.26. The van der Waals surface area contributed by atoms with Gasteiger partial charge in [-0.2, -0.15) is 5.26 Å². The summed E-state index contributed by atoms with van der Waals surface area (Å²) < 4.78 is 5.71. The lowest BCUT2D eigenvalue weighted by molar-refractivity contribution is -0.135. The third-order valence-corrected chi connectivity index (χ3v) is 4.74. The van der Waals surface area contributed by atoms with Gasteiger partial charge in [-0.3, -0.25) is 9.59 Å². The van der Waals surface area contributed by atoms with Crippen molar-refractivity contribution in [3.8, 4) is 17.7 Å². The summed E-state index contributed by atoms with van der Waals surface area (Å²) in [6.45, 7) is 4.38. The number of benzene rings is 1. The second-order valence-electron chi connectivity index (χ2n) is 6.65. The number of nitrogens with one attached hydrogen (secondary N) is 1. The maximum Gasteiger partial charge on any atom is 0.247 e. The number of hydrogen-bond acceptors (Lipinski definition) is 5. The number of carbonyl (C=O) groups excluding carboxylic acids is 2. The number of aryl methyl sites for hydroxylation is 1. The first-order valence-electron chi connectivity index (χ1n) is 9.27. The summed E-state index contributed by atoms with van der Waals surface area (Å²) in [4.78, 5) is 30.4. The second-order valence-corrected chi connectivity index (χ2v) is 6.65. The van der Waals surface area contributed by atoms with Crippen molar-refractivity contribution >= 4 is 17.5 Å². The second kappa shape index (κ2) is 8.53. The highest BCUT2D eigenvalue weighted by Crippen LogP contribution is 2.27. The molecule has 2 amide bonds. The summed E-state index contributed by atoms with van der Waals surface area (Å²) >= 11 is 0. The van der Waals surface area contributed by atoms with Crippen LogP contribution in [-0.2, 0) is 9.59 Å². The molecule has 7 heteroatoms. The molecular weight excluding hydrogens is 356 g/mol. The Bertz CT molecular complexity index is 935. The van der Waals surface area contributed by atoms with Gasteiger partial charge in [-0.1, -0.05) is 6.92 Å². The van der Waals surface area contributed by atoms with Crippen molar-refractivity contribution < 1.29 is 14.3 Å².